The molecule has 5 heteroatoms. The van der Waals surface area contributed by atoms with E-state index in [2.05, 4.69) is 4.98 Å². The molecule has 15 heavy (non-hydrogen) atoms. The summed E-state index contributed by atoms with van der Waals surface area (Å²) in [7, 11) is 0. The van der Waals surface area contributed by atoms with Gasteiger partial charge in [0, 0.05) is 18.7 Å². The Balaban J connectivity index is 2.37. The van der Waals surface area contributed by atoms with Crippen LogP contribution in [0.5, 0.6) is 0 Å². The quantitative estimate of drug-likeness (QED) is 0.721. The molecule has 0 radical (unpaired) electrons. The van der Waals surface area contributed by atoms with Crippen LogP contribution in [-0.4, -0.2) is 17.6 Å². The highest BCUT2D eigenvalue weighted by atomic mass is 19.2. The molecule has 1 aromatic rings. The molecule has 1 saturated carbocycles. The fourth-order valence-electron chi connectivity index (χ4n) is 1.60. The molecule has 1 aliphatic carbocycles. The second kappa shape index (κ2) is 3.72. The molecule has 1 fully saturated rings. The summed E-state index contributed by atoms with van der Waals surface area (Å²) < 4.78 is 38.9. The molecule has 0 amide bonds. The zero-order valence-electron chi connectivity index (χ0n) is 8.30. The van der Waals surface area contributed by atoms with E-state index < -0.39 is 17.6 Å². The van der Waals surface area contributed by atoms with Crippen LogP contribution in [0.25, 0.3) is 0 Å². The third-order valence-corrected chi connectivity index (χ3v) is 2.47. The van der Waals surface area contributed by atoms with E-state index in [1.165, 1.54) is 0 Å². The average molecular weight is 216 g/mol. The van der Waals surface area contributed by atoms with E-state index in [-0.39, 0.29) is 11.9 Å². The van der Waals surface area contributed by atoms with Crippen LogP contribution >= 0.6 is 0 Å². The summed E-state index contributed by atoms with van der Waals surface area (Å²) in [5.41, 5.74) is 0. The van der Waals surface area contributed by atoms with Crippen molar-refractivity contribution in [2.45, 2.75) is 25.8 Å². The molecule has 1 aliphatic rings. The summed E-state index contributed by atoms with van der Waals surface area (Å²) in [6.07, 6.45) is 1.90. The third kappa shape index (κ3) is 1.91. The molecule has 0 bridgehead atoms. The lowest BCUT2D eigenvalue weighted by molar-refractivity contribution is 0.462. The Morgan fingerprint density at radius 2 is 2.00 bits per heavy atom. The van der Waals surface area contributed by atoms with Crippen molar-refractivity contribution < 1.29 is 13.2 Å². The van der Waals surface area contributed by atoms with Gasteiger partial charge in [-0.2, -0.15) is 9.37 Å². The zero-order valence-corrected chi connectivity index (χ0v) is 8.30. The molecule has 1 heterocycles. The molecule has 0 atom stereocenters. The van der Waals surface area contributed by atoms with E-state index in [1.807, 2.05) is 6.92 Å². The summed E-state index contributed by atoms with van der Waals surface area (Å²) in [4.78, 5) is 4.98. The molecule has 0 unspecified atom stereocenters. The van der Waals surface area contributed by atoms with Crippen LogP contribution in [0.4, 0.5) is 19.0 Å². The van der Waals surface area contributed by atoms with E-state index >= 15 is 0 Å². The highest BCUT2D eigenvalue weighted by molar-refractivity contribution is 5.42. The Bertz CT molecular complexity index is 377. The van der Waals surface area contributed by atoms with Crippen molar-refractivity contribution in [2.24, 2.45) is 0 Å². The maximum Gasteiger partial charge on any atom is 0.251 e. The van der Waals surface area contributed by atoms with Gasteiger partial charge in [-0.05, 0) is 19.8 Å². The predicted molar refractivity (Wildman–Crippen MR) is 50.2 cm³/mol. The monoisotopic (exact) mass is 216 g/mol. The van der Waals surface area contributed by atoms with E-state index in [0.29, 0.717) is 12.6 Å². The van der Waals surface area contributed by atoms with Crippen LogP contribution in [0.15, 0.2) is 6.07 Å². The second-order valence-corrected chi connectivity index (χ2v) is 3.58. The van der Waals surface area contributed by atoms with Crippen LogP contribution in [0.2, 0.25) is 0 Å². The van der Waals surface area contributed by atoms with Gasteiger partial charge in [0.05, 0.1) is 0 Å². The average Bonchev–Trinajstić information content (AvgIpc) is 2.99. The topological polar surface area (TPSA) is 16.1 Å². The number of anilines is 1. The number of nitrogens with zero attached hydrogens (tertiary/aromatic N) is 2. The Kier molecular flexibility index (Phi) is 2.54. The zero-order chi connectivity index (χ0) is 11.0. The van der Waals surface area contributed by atoms with Gasteiger partial charge in [-0.15, -0.1) is 0 Å². The first-order valence-corrected chi connectivity index (χ1v) is 4.91. The predicted octanol–water partition coefficient (Wildman–Crippen LogP) is 2.49. The number of pyridine rings is 1. The summed E-state index contributed by atoms with van der Waals surface area (Å²) in [5.74, 6) is -3.38. The maximum absolute atomic E-state index is 13.3. The van der Waals surface area contributed by atoms with E-state index in [1.54, 1.807) is 4.90 Å². The molecular weight excluding hydrogens is 205 g/mol. The highest BCUT2D eigenvalue weighted by Crippen LogP contribution is 2.31. The van der Waals surface area contributed by atoms with Gasteiger partial charge in [0.15, 0.2) is 17.5 Å². The van der Waals surface area contributed by atoms with Crippen molar-refractivity contribution >= 4 is 5.82 Å². The Hall–Kier alpha value is -1.26. The van der Waals surface area contributed by atoms with Gasteiger partial charge in [-0.1, -0.05) is 0 Å². The molecule has 0 saturated heterocycles. The van der Waals surface area contributed by atoms with E-state index in [9.17, 15) is 13.2 Å². The highest BCUT2D eigenvalue weighted by Gasteiger charge is 2.31. The molecule has 2 rings (SSSR count). The summed E-state index contributed by atoms with van der Waals surface area (Å²) in [6, 6.07) is 0.768. The molecule has 0 N–H and O–H groups in total. The standard InChI is InChI=1S/C10H11F3N2/c1-2-15(6-3-4-6)10-8(12)5-7(11)9(13)14-10/h5-6H,2-4H2,1H3. The van der Waals surface area contributed by atoms with E-state index in [4.69, 9.17) is 0 Å². The van der Waals surface area contributed by atoms with Crippen molar-refractivity contribution in [3.8, 4) is 0 Å². The fraction of sp³-hybridized carbons (Fsp3) is 0.500. The minimum Gasteiger partial charge on any atom is -0.351 e. The minimum absolute atomic E-state index is 0.0844. The Morgan fingerprint density at radius 1 is 1.33 bits per heavy atom. The van der Waals surface area contributed by atoms with Crippen molar-refractivity contribution in [3.05, 3.63) is 23.6 Å². The lowest BCUT2D eigenvalue weighted by atomic mass is 10.3. The number of halogens is 3. The molecule has 0 aromatic carbocycles. The number of hydrogen-bond donors (Lipinski definition) is 0. The summed E-state index contributed by atoms with van der Waals surface area (Å²) in [6.45, 7) is 2.38. The van der Waals surface area contributed by atoms with Gasteiger partial charge in [-0.25, -0.2) is 8.78 Å². The molecular formula is C10H11F3N2. The van der Waals surface area contributed by atoms with Crippen LogP contribution in [0.1, 0.15) is 19.8 Å². The van der Waals surface area contributed by atoms with Crippen LogP contribution in [0, 0.1) is 17.6 Å². The van der Waals surface area contributed by atoms with Gasteiger partial charge >= 0.3 is 0 Å². The van der Waals surface area contributed by atoms with Crippen molar-refractivity contribution in [2.75, 3.05) is 11.4 Å². The minimum atomic E-state index is -1.25. The van der Waals surface area contributed by atoms with Gasteiger partial charge in [0.1, 0.15) is 0 Å². The number of aromatic nitrogens is 1. The van der Waals surface area contributed by atoms with Crippen molar-refractivity contribution in [1.29, 1.82) is 0 Å². The fourth-order valence-corrected chi connectivity index (χ4v) is 1.60. The number of hydrogen-bond acceptors (Lipinski definition) is 2. The Labute approximate surface area is 85.7 Å². The van der Waals surface area contributed by atoms with Crippen molar-refractivity contribution in [3.63, 3.8) is 0 Å². The lowest BCUT2D eigenvalue weighted by Gasteiger charge is -2.21. The normalized spacial score (nSPS) is 15.5. The van der Waals surface area contributed by atoms with Crippen LogP contribution in [-0.2, 0) is 0 Å². The smallest absolute Gasteiger partial charge is 0.251 e. The van der Waals surface area contributed by atoms with Crippen molar-refractivity contribution in [1.82, 2.24) is 4.98 Å². The molecule has 1 aromatic heterocycles. The van der Waals surface area contributed by atoms with Crippen LogP contribution < -0.4 is 4.90 Å². The largest absolute Gasteiger partial charge is 0.351 e. The molecule has 2 nitrogen and oxygen atoms in total. The first-order valence-electron chi connectivity index (χ1n) is 4.91. The number of rotatable bonds is 3. The lowest BCUT2D eigenvalue weighted by Crippen LogP contribution is -2.27. The Morgan fingerprint density at radius 3 is 2.53 bits per heavy atom. The van der Waals surface area contributed by atoms with Crippen LogP contribution in [0.3, 0.4) is 0 Å². The molecule has 82 valence electrons. The SMILES string of the molecule is CCN(c1nc(F)c(F)cc1F)C1CC1. The van der Waals surface area contributed by atoms with Gasteiger partial charge in [-0.3, -0.25) is 0 Å². The van der Waals surface area contributed by atoms with Gasteiger partial charge in [0.2, 0.25) is 0 Å². The first-order chi connectivity index (χ1) is 7.13. The maximum atomic E-state index is 13.3. The first kappa shape index (κ1) is 10.3. The third-order valence-electron chi connectivity index (χ3n) is 2.47. The summed E-state index contributed by atoms with van der Waals surface area (Å²) >= 11 is 0. The van der Waals surface area contributed by atoms with E-state index in [0.717, 1.165) is 12.8 Å². The molecule has 0 spiro atoms. The van der Waals surface area contributed by atoms with Gasteiger partial charge < -0.3 is 4.90 Å². The van der Waals surface area contributed by atoms with Gasteiger partial charge in [0.25, 0.3) is 5.95 Å². The summed E-state index contributed by atoms with van der Waals surface area (Å²) in [5, 5.41) is 0. The second-order valence-electron chi connectivity index (χ2n) is 3.58. The molecule has 0 aliphatic heterocycles.